The average molecular weight is 406 g/mol. The van der Waals surface area contributed by atoms with E-state index in [2.05, 4.69) is 31.4 Å². The van der Waals surface area contributed by atoms with E-state index in [1.54, 1.807) is 6.07 Å². The summed E-state index contributed by atoms with van der Waals surface area (Å²) in [6, 6.07) is 5.89. The Balaban J connectivity index is 2.18. The topological polar surface area (TPSA) is 67.0 Å². The maximum absolute atomic E-state index is 12.3. The third-order valence-electron chi connectivity index (χ3n) is 3.05. The fraction of sp³-hybridized carbons (Fsp3) is 0.333. The Morgan fingerprint density at radius 3 is 2.62 bits per heavy atom. The van der Waals surface area contributed by atoms with E-state index in [1.807, 2.05) is 13.8 Å². The number of carbonyl (C=O) groups is 1. The van der Waals surface area contributed by atoms with Gasteiger partial charge in [0.25, 0.3) is 5.91 Å². The number of halogens is 4. The minimum atomic E-state index is -4.46. The van der Waals surface area contributed by atoms with Crippen molar-refractivity contribution in [2.24, 2.45) is 0 Å². The zero-order valence-corrected chi connectivity index (χ0v) is 14.5. The summed E-state index contributed by atoms with van der Waals surface area (Å²) >= 11 is 3.31. The molecule has 2 aromatic rings. The summed E-state index contributed by atoms with van der Waals surface area (Å²) in [4.78, 5) is 12.3. The van der Waals surface area contributed by atoms with Gasteiger partial charge in [0.2, 0.25) is 0 Å². The van der Waals surface area contributed by atoms with Crippen molar-refractivity contribution in [2.45, 2.75) is 25.9 Å². The van der Waals surface area contributed by atoms with Gasteiger partial charge in [0, 0.05) is 0 Å². The predicted molar refractivity (Wildman–Crippen MR) is 86.3 cm³/mol. The molecule has 0 fully saturated rings. The monoisotopic (exact) mass is 405 g/mol. The van der Waals surface area contributed by atoms with E-state index < -0.39 is 18.7 Å². The molecule has 0 unspecified atom stereocenters. The lowest BCUT2D eigenvalue weighted by Gasteiger charge is -2.13. The van der Waals surface area contributed by atoms with Gasteiger partial charge in [-0.25, -0.2) is 0 Å². The molecular weight excluding hydrogens is 391 g/mol. The number of ether oxygens (including phenoxy) is 1. The lowest BCUT2D eigenvalue weighted by molar-refractivity contribution is -0.153. The summed E-state index contributed by atoms with van der Waals surface area (Å²) in [6.07, 6.45) is -4.46. The van der Waals surface area contributed by atoms with Gasteiger partial charge in [0.05, 0.1) is 15.9 Å². The quantitative estimate of drug-likeness (QED) is 0.769. The molecule has 0 aliphatic heterocycles. The Morgan fingerprint density at radius 2 is 2.04 bits per heavy atom. The van der Waals surface area contributed by atoms with Crippen molar-refractivity contribution in [1.29, 1.82) is 0 Å². The highest BCUT2D eigenvalue weighted by molar-refractivity contribution is 9.10. The number of aromatic nitrogens is 2. The van der Waals surface area contributed by atoms with Gasteiger partial charge >= 0.3 is 6.18 Å². The maximum Gasteiger partial charge on any atom is 0.422 e. The Kier molecular flexibility index (Phi) is 5.53. The number of hydrogen-bond acceptors (Lipinski definition) is 3. The van der Waals surface area contributed by atoms with Crippen LogP contribution in [0, 0.1) is 0 Å². The summed E-state index contributed by atoms with van der Waals surface area (Å²) in [5.41, 5.74) is 0.999. The number of anilines is 1. The van der Waals surface area contributed by atoms with E-state index >= 15 is 0 Å². The highest BCUT2D eigenvalue weighted by Crippen LogP contribution is 2.29. The second kappa shape index (κ2) is 7.25. The summed E-state index contributed by atoms with van der Waals surface area (Å²) in [5, 5.41) is 9.22. The Bertz CT molecular complexity index is 729. The van der Waals surface area contributed by atoms with E-state index in [-0.39, 0.29) is 23.0 Å². The Morgan fingerprint density at radius 1 is 1.38 bits per heavy atom. The van der Waals surface area contributed by atoms with Gasteiger partial charge in [0.15, 0.2) is 12.3 Å². The normalized spacial score (nSPS) is 11.6. The first-order valence-corrected chi connectivity index (χ1v) is 7.82. The Labute approximate surface area is 144 Å². The number of benzene rings is 1. The predicted octanol–water partition coefficient (Wildman–Crippen LogP) is 4.49. The van der Waals surface area contributed by atoms with Crippen molar-refractivity contribution in [2.75, 3.05) is 11.9 Å². The van der Waals surface area contributed by atoms with E-state index in [0.29, 0.717) is 4.47 Å². The molecule has 9 heteroatoms. The number of para-hydroxylation sites is 2. The first kappa shape index (κ1) is 18.3. The van der Waals surface area contributed by atoms with Crippen molar-refractivity contribution in [1.82, 2.24) is 10.2 Å². The summed E-state index contributed by atoms with van der Waals surface area (Å²) < 4.78 is 42.1. The molecule has 5 nitrogen and oxygen atoms in total. The molecule has 1 amide bonds. The number of carbonyl (C=O) groups excluding carboxylic acids is 1. The van der Waals surface area contributed by atoms with Crippen LogP contribution in [0.5, 0.6) is 5.75 Å². The molecule has 1 aromatic heterocycles. The van der Waals surface area contributed by atoms with Crippen LogP contribution < -0.4 is 10.1 Å². The van der Waals surface area contributed by atoms with Gasteiger partial charge < -0.3 is 10.1 Å². The number of hydrogen-bond donors (Lipinski definition) is 2. The lowest BCUT2D eigenvalue weighted by Crippen LogP contribution is -2.20. The molecule has 1 heterocycles. The highest BCUT2D eigenvalue weighted by atomic mass is 79.9. The summed E-state index contributed by atoms with van der Waals surface area (Å²) in [5.74, 6) is -0.511. The van der Waals surface area contributed by atoms with Gasteiger partial charge in [-0.15, -0.1) is 0 Å². The van der Waals surface area contributed by atoms with Crippen LogP contribution in [0.2, 0.25) is 0 Å². The molecule has 2 N–H and O–H groups in total. The number of alkyl halides is 3. The van der Waals surface area contributed by atoms with E-state index in [0.717, 1.165) is 5.69 Å². The fourth-order valence-corrected chi connectivity index (χ4v) is 2.73. The number of nitrogens with zero attached hydrogens (tertiary/aromatic N) is 1. The third-order valence-corrected chi connectivity index (χ3v) is 3.85. The Hall–Kier alpha value is -2.03. The molecule has 0 saturated carbocycles. The molecule has 0 radical (unpaired) electrons. The van der Waals surface area contributed by atoms with Crippen LogP contribution in [0.15, 0.2) is 28.7 Å². The number of H-pyrrole nitrogens is 1. The van der Waals surface area contributed by atoms with Crippen LogP contribution in [0.3, 0.4) is 0 Å². The molecule has 0 atom stereocenters. The molecule has 0 spiro atoms. The first-order valence-electron chi connectivity index (χ1n) is 7.02. The SMILES string of the molecule is CC(C)c1[nH]nc(C(=O)Nc2ccccc2OCC(F)(F)F)c1Br. The smallest absolute Gasteiger partial charge is 0.422 e. The van der Waals surface area contributed by atoms with E-state index in [1.165, 1.54) is 18.2 Å². The van der Waals surface area contributed by atoms with Gasteiger partial charge in [-0.2, -0.15) is 18.3 Å². The van der Waals surface area contributed by atoms with E-state index in [9.17, 15) is 18.0 Å². The van der Waals surface area contributed by atoms with Crippen molar-refractivity contribution < 1.29 is 22.7 Å². The molecule has 0 aliphatic rings. The van der Waals surface area contributed by atoms with Crippen molar-refractivity contribution >= 4 is 27.5 Å². The third kappa shape index (κ3) is 4.50. The second-order valence-corrected chi connectivity index (χ2v) is 6.10. The zero-order chi connectivity index (χ0) is 17.9. The first-order chi connectivity index (χ1) is 11.2. The number of amides is 1. The number of aromatic amines is 1. The molecule has 1 aromatic carbocycles. The van der Waals surface area contributed by atoms with Crippen LogP contribution in [0.25, 0.3) is 0 Å². The second-order valence-electron chi connectivity index (χ2n) is 5.31. The lowest BCUT2D eigenvalue weighted by atomic mass is 10.1. The van der Waals surface area contributed by atoms with Crippen molar-refractivity contribution in [3.63, 3.8) is 0 Å². The van der Waals surface area contributed by atoms with Gasteiger partial charge in [0.1, 0.15) is 5.75 Å². The molecule has 24 heavy (non-hydrogen) atoms. The van der Waals surface area contributed by atoms with Crippen LogP contribution in [-0.2, 0) is 0 Å². The molecule has 0 aliphatic carbocycles. The molecule has 0 saturated heterocycles. The van der Waals surface area contributed by atoms with Crippen LogP contribution in [0.1, 0.15) is 35.9 Å². The van der Waals surface area contributed by atoms with Gasteiger partial charge in [-0.3, -0.25) is 9.89 Å². The van der Waals surface area contributed by atoms with E-state index in [4.69, 9.17) is 4.74 Å². The van der Waals surface area contributed by atoms with Crippen molar-refractivity contribution in [3.8, 4) is 5.75 Å². The van der Waals surface area contributed by atoms with Gasteiger partial charge in [-0.05, 0) is 34.0 Å². The standard InChI is InChI=1S/C15H15BrF3N3O2/c1-8(2)12-11(16)13(22-21-12)14(23)20-9-5-3-4-6-10(9)24-7-15(17,18)19/h3-6,8H,7H2,1-2H3,(H,20,23)(H,21,22). The number of rotatable bonds is 5. The summed E-state index contributed by atoms with van der Waals surface area (Å²) in [6.45, 7) is 2.42. The number of nitrogens with one attached hydrogen (secondary N) is 2. The summed E-state index contributed by atoms with van der Waals surface area (Å²) in [7, 11) is 0. The molecule has 2 rings (SSSR count). The largest absolute Gasteiger partial charge is 0.482 e. The minimum absolute atomic E-state index is 0.0704. The maximum atomic E-state index is 12.3. The van der Waals surface area contributed by atoms with Crippen molar-refractivity contribution in [3.05, 3.63) is 40.1 Å². The zero-order valence-electron chi connectivity index (χ0n) is 12.9. The minimum Gasteiger partial charge on any atom is -0.482 e. The van der Waals surface area contributed by atoms with Crippen LogP contribution >= 0.6 is 15.9 Å². The molecular formula is C15H15BrF3N3O2. The molecule has 0 bridgehead atoms. The van der Waals surface area contributed by atoms with Crippen LogP contribution in [0.4, 0.5) is 18.9 Å². The highest BCUT2D eigenvalue weighted by Gasteiger charge is 2.29. The average Bonchev–Trinajstić information content (AvgIpc) is 2.87. The molecule has 130 valence electrons. The van der Waals surface area contributed by atoms with Gasteiger partial charge in [-0.1, -0.05) is 26.0 Å². The van der Waals surface area contributed by atoms with Crippen LogP contribution in [-0.4, -0.2) is 28.9 Å². The fourth-order valence-electron chi connectivity index (χ4n) is 1.91.